The van der Waals surface area contributed by atoms with Crippen molar-refractivity contribution in [2.75, 3.05) is 0 Å². The number of benzene rings is 3. The fourth-order valence-corrected chi connectivity index (χ4v) is 2.97. The lowest BCUT2D eigenvalue weighted by atomic mass is 10.0. The summed E-state index contributed by atoms with van der Waals surface area (Å²) in [6.45, 7) is 2.18. The number of rotatable bonds is 6. The van der Waals surface area contributed by atoms with E-state index in [2.05, 4.69) is 5.32 Å². The van der Waals surface area contributed by atoms with E-state index in [0.717, 1.165) is 12.1 Å². The predicted octanol–water partition coefficient (Wildman–Crippen LogP) is 5.17. The number of carbonyl (C=O) groups excluding carboxylic acids is 1. The van der Waals surface area contributed by atoms with E-state index < -0.39 is 41.6 Å². The van der Waals surface area contributed by atoms with Gasteiger partial charge in [0, 0.05) is 10.9 Å². The SMILES string of the molecule is CC(C)(NC(=O)c1ccc2ccccc2c1OCc1ccc(C(F)(F)F)cc1F)C(=O)O. The van der Waals surface area contributed by atoms with Crippen molar-refractivity contribution in [1.29, 1.82) is 0 Å². The van der Waals surface area contributed by atoms with Crippen molar-refractivity contribution in [2.45, 2.75) is 32.2 Å². The number of alkyl halides is 3. The van der Waals surface area contributed by atoms with Gasteiger partial charge < -0.3 is 15.2 Å². The Kier molecular flexibility index (Phi) is 6.11. The standard InChI is InChI=1S/C23H19F4NO4/c1-22(2,21(30)31)28-20(29)17-10-8-13-5-3-4-6-16(13)19(17)32-12-14-7-9-15(11-18(14)24)23(25,26)27/h3-11H,12H2,1-2H3,(H,28,29)(H,30,31). The first-order chi connectivity index (χ1) is 14.9. The van der Waals surface area contributed by atoms with Crippen LogP contribution in [0.2, 0.25) is 0 Å². The normalized spacial score (nSPS) is 11.9. The molecule has 168 valence electrons. The topological polar surface area (TPSA) is 75.6 Å². The highest BCUT2D eigenvalue weighted by atomic mass is 19.4. The van der Waals surface area contributed by atoms with E-state index in [9.17, 15) is 32.3 Å². The molecule has 0 fully saturated rings. The first-order valence-corrected chi connectivity index (χ1v) is 9.46. The van der Waals surface area contributed by atoms with Gasteiger partial charge in [0.15, 0.2) is 0 Å². The number of carboxylic acid groups (broad SMARTS) is 1. The number of hydrogen-bond acceptors (Lipinski definition) is 3. The van der Waals surface area contributed by atoms with E-state index in [1.54, 1.807) is 30.3 Å². The van der Waals surface area contributed by atoms with Crippen LogP contribution < -0.4 is 10.1 Å². The van der Waals surface area contributed by atoms with Crippen molar-refractivity contribution in [3.63, 3.8) is 0 Å². The van der Waals surface area contributed by atoms with Gasteiger partial charge in [0.1, 0.15) is 23.7 Å². The van der Waals surface area contributed by atoms with Crippen LogP contribution in [0.5, 0.6) is 5.75 Å². The summed E-state index contributed by atoms with van der Waals surface area (Å²) >= 11 is 0. The molecule has 3 aromatic rings. The molecule has 5 nitrogen and oxygen atoms in total. The molecule has 0 unspecified atom stereocenters. The number of fused-ring (bicyclic) bond motifs is 1. The summed E-state index contributed by atoms with van der Waals surface area (Å²) in [5.74, 6) is -3.02. The number of hydrogen-bond donors (Lipinski definition) is 2. The molecular formula is C23H19F4NO4. The van der Waals surface area contributed by atoms with Gasteiger partial charge in [0.05, 0.1) is 11.1 Å². The van der Waals surface area contributed by atoms with Crippen LogP contribution in [0, 0.1) is 5.82 Å². The van der Waals surface area contributed by atoms with Crippen molar-refractivity contribution >= 4 is 22.6 Å². The zero-order valence-corrected chi connectivity index (χ0v) is 17.1. The monoisotopic (exact) mass is 449 g/mol. The van der Waals surface area contributed by atoms with Gasteiger partial charge in [-0.3, -0.25) is 4.79 Å². The summed E-state index contributed by atoms with van der Waals surface area (Å²) in [6, 6.07) is 12.0. The number of ether oxygens (including phenoxy) is 1. The minimum Gasteiger partial charge on any atom is -0.487 e. The molecule has 0 atom stereocenters. The van der Waals surface area contributed by atoms with Gasteiger partial charge in [0.2, 0.25) is 0 Å². The Hall–Kier alpha value is -3.62. The summed E-state index contributed by atoms with van der Waals surface area (Å²) in [6.07, 6.45) is -4.68. The number of aliphatic carboxylic acids is 1. The van der Waals surface area contributed by atoms with E-state index in [-0.39, 0.29) is 16.9 Å². The van der Waals surface area contributed by atoms with Crippen LogP contribution in [0.15, 0.2) is 54.6 Å². The van der Waals surface area contributed by atoms with Gasteiger partial charge in [-0.2, -0.15) is 13.2 Å². The zero-order valence-electron chi connectivity index (χ0n) is 17.1. The second kappa shape index (κ2) is 8.49. The maximum Gasteiger partial charge on any atom is 0.416 e. The lowest BCUT2D eigenvalue weighted by Crippen LogP contribution is -2.49. The van der Waals surface area contributed by atoms with E-state index in [1.807, 2.05) is 0 Å². The van der Waals surface area contributed by atoms with Crippen molar-refractivity contribution < 1.29 is 37.0 Å². The maximum absolute atomic E-state index is 14.2. The van der Waals surface area contributed by atoms with Gasteiger partial charge in [-0.05, 0) is 37.4 Å². The average molecular weight is 449 g/mol. The number of halogens is 4. The molecule has 0 heterocycles. The molecule has 0 aromatic heterocycles. The molecule has 0 aliphatic carbocycles. The van der Waals surface area contributed by atoms with Gasteiger partial charge in [-0.15, -0.1) is 0 Å². The van der Waals surface area contributed by atoms with Crippen LogP contribution in [0.1, 0.15) is 35.3 Å². The molecule has 0 aliphatic heterocycles. The maximum atomic E-state index is 14.2. The molecule has 0 saturated carbocycles. The van der Waals surface area contributed by atoms with Crippen LogP contribution in [-0.2, 0) is 17.6 Å². The Morgan fingerprint density at radius 1 is 1.03 bits per heavy atom. The van der Waals surface area contributed by atoms with Gasteiger partial charge in [0.25, 0.3) is 5.91 Å². The molecule has 0 spiro atoms. The number of amides is 1. The van der Waals surface area contributed by atoms with Crippen LogP contribution in [-0.4, -0.2) is 22.5 Å². The number of carbonyl (C=O) groups is 2. The molecule has 0 bridgehead atoms. The summed E-state index contributed by atoms with van der Waals surface area (Å²) in [5, 5.41) is 12.9. The van der Waals surface area contributed by atoms with Gasteiger partial charge >= 0.3 is 12.1 Å². The third kappa shape index (κ3) is 4.82. The summed E-state index contributed by atoms with van der Waals surface area (Å²) in [7, 11) is 0. The number of carboxylic acids is 1. The van der Waals surface area contributed by atoms with Crippen LogP contribution in [0.3, 0.4) is 0 Å². The fourth-order valence-electron chi connectivity index (χ4n) is 2.97. The molecule has 0 saturated heterocycles. The Morgan fingerprint density at radius 2 is 1.72 bits per heavy atom. The van der Waals surface area contributed by atoms with Crippen molar-refractivity contribution in [3.8, 4) is 5.75 Å². The second-order valence-corrected chi connectivity index (χ2v) is 7.64. The quantitative estimate of drug-likeness (QED) is 0.509. The Morgan fingerprint density at radius 3 is 2.34 bits per heavy atom. The third-order valence-electron chi connectivity index (χ3n) is 4.84. The Balaban J connectivity index is 1.97. The zero-order chi connectivity index (χ0) is 23.7. The third-order valence-corrected chi connectivity index (χ3v) is 4.84. The van der Waals surface area contributed by atoms with Gasteiger partial charge in [-0.25, -0.2) is 9.18 Å². The highest BCUT2D eigenvalue weighted by Crippen LogP contribution is 2.33. The van der Waals surface area contributed by atoms with E-state index >= 15 is 0 Å². The lowest BCUT2D eigenvalue weighted by Gasteiger charge is -2.22. The van der Waals surface area contributed by atoms with Crippen LogP contribution in [0.4, 0.5) is 17.6 Å². The molecule has 0 aliphatic rings. The Bertz CT molecular complexity index is 1190. The Labute approximate surface area is 180 Å². The van der Waals surface area contributed by atoms with E-state index in [1.165, 1.54) is 19.9 Å². The van der Waals surface area contributed by atoms with Crippen LogP contribution >= 0.6 is 0 Å². The molecule has 32 heavy (non-hydrogen) atoms. The molecule has 3 rings (SSSR count). The molecule has 0 radical (unpaired) electrons. The minimum absolute atomic E-state index is 0.00495. The molecule has 2 N–H and O–H groups in total. The molecular weight excluding hydrogens is 430 g/mol. The van der Waals surface area contributed by atoms with Gasteiger partial charge in [-0.1, -0.05) is 36.4 Å². The summed E-state index contributed by atoms with van der Waals surface area (Å²) in [5.41, 5.74) is -2.83. The van der Waals surface area contributed by atoms with E-state index in [0.29, 0.717) is 16.8 Å². The smallest absolute Gasteiger partial charge is 0.416 e. The van der Waals surface area contributed by atoms with Crippen molar-refractivity contribution in [2.24, 2.45) is 0 Å². The predicted molar refractivity (Wildman–Crippen MR) is 109 cm³/mol. The minimum atomic E-state index is -4.68. The average Bonchev–Trinajstić information content (AvgIpc) is 2.71. The second-order valence-electron chi connectivity index (χ2n) is 7.64. The first-order valence-electron chi connectivity index (χ1n) is 9.46. The highest BCUT2D eigenvalue weighted by Gasteiger charge is 2.32. The van der Waals surface area contributed by atoms with Crippen LogP contribution in [0.25, 0.3) is 10.8 Å². The molecule has 3 aromatic carbocycles. The first kappa shape index (κ1) is 23.1. The summed E-state index contributed by atoms with van der Waals surface area (Å²) < 4.78 is 58.3. The number of nitrogens with one attached hydrogen (secondary N) is 1. The fraction of sp³-hybridized carbons (Fsp3) is 0.217. The van der Waals surface area contributed by atoms with E-state index in [4.69, 9.17) is 4.74 Å². The molecule has 1 amide bonds. The molecule has 9 heteroatoms. The highest BCUT2D eigenvalue weighted by molar-refractivity contribution is 6.05. The van der Waals surface area contributed by atoms with Crippen molar-refractivity contribution in [3.05, 3.63) is 77.1 Å². The lowest BCUT2D eigenvalue weighted by molar-refractivity contribution is -0.143. The largest absolute Gasteiger partial charge is 0.487 e. The summed E-state index contributed by atoms with van der Waals surface area (Å²) in [4.78, 5) is 24.2. The van der Waals surface area contributed by atoms with Crippen molar-refractivity contribution in [1.82, 2.24) is 5.32 Å².